The quantitative estimate of drug-likeness (QED) is 0.460. The molecule has 2 N–H and O–H groups in total. The normalized spacial score (nSPS) is 44.9. The van der Waals surface area contributed by atoms with Crippen molar-refractivity contribution in [1.82, 2.24) is 0 Å². The van der Waals surface area contributed by atoms with Crippen LogP contribution < -0.4 is 4.90 Å². The predicted octanol–water partition coefficient (Wildman–Crippen LogP) is 6.76. The van der Waals surface area contributed by atoms with Gasteiger partial charge in [-0.05, 0) is 128 Å². The Hall–Kier alpha value is -1.39. The van der Waals surface area contributed by atoms with E-state index in [-0.39, 0.29) is 34.4 Å². The van der Waals surface area contributed by atoms with Crippen LogP contribution in [-0.4, -0.2) is 34.9 Å². The molecule has 0 radical (unpaired) electrons. The highest BCUT2D eigenvalue weighted by molar-refractivity contribution is 5.94. The summed E-state index contributed by atoms with van der Waals surface area (Å²) in [6, 6.07) is 8.43. The number of anilines is 1. The van der Waals surface area contributed by atoms with Crippen LogP contribution in [0.5, 0.6) is 0 Å². The standard InChI is InChI=1S/C34H51NO3/c1-22(11-12-30(38)35-19-7-9-23-8-5-6-10-28(23)35)33(3)17-15-27-31-26(14-18-34(27,33)4)32(2)16-13-25(36)20-24(32)21-29(31)37/h5-6,8,10,22,24-27,29,31,36-37H,7,9,11-21H2,1-4H3/t22-,24+,25-,26?,27+,29-,31-,32+,33-,34+/m1/s1. The van der Waals surface area contributed by atoms with E-state index in [2.05, 4.69) is 56.9 Å². The molecule has 1 aromatic rings. The van der Waals surface area contributed by atoms with Crippen molar-refractivity contribution in [2.45, 2.75) is 117 Å². The Balaban J connectivity index is 1.17. The van der Waals surface area contributed by atoms with Gasteiger partial charge in [0.05, 0.1) is 12.2 Å². The van der Waals surface area contributed by atoms with Crippen LogP contribution in [0.25, 0.3) is 0 Å². The first kappa shape index (κ1) is 26.8. The fraction of sp³-hybridized carbons (Fsp3) is 0.794. The highest BCUT2D eigenvalue weighted by Crippen LogP contribution is 2.72. The zero-order valence-corrected chi connectivity index (χ0v) is 24.3. The number of hydrogen-bond donors (Lipinski definition) is 2. The molecule has 0 aromatic heterocycles. The molecule has 1 amide bonds. The molecule has 1 aliphatic heterocycles. The van der Waals surface area contributed by atoms with E-state index in [4.69, 9.17) is 0 Å². The first-order valence-electron chi connectivity index (χ1n) is 15.8. The van der Waals surface area contributed by atoms with Crippen LogP contribution in [0.2, 0.25) is 0 Å². The number of aliphatic hydroxyl groups excluding tert-OH is 2. The van der Waals surface area contributed by atoms with Crippen LogP contribution in [0.15, 0.2) is 24.3 Å². The van der Waals surface area contributed by atoms with Crippen molar-refractivity contribution in [1.29, 1.82) is 0 Å². The van der Waals surface area contributed by atoms with Crippen molar-refractivity contribution in [3.63, 3.8) is 0 Å². The Labute approximate surface area is 230 Å². The maximum atomic E-state index is 13.4. The van der Waals surface area contributed by atoms with Crippen LogP contribution in [0.1, 0.15) is 104 Å². The lowest BCUT2D eigenvalue weighted by atomic mass is 9.42. The third kappa shape index (κ3) is 3.94. The Morgan fingerprint density at radius 2 is 1.79 bits per heavy atom. The topological polar surface area (TPSA) is 60.8 Å². The highest BCUT2D eigenvalue weighted by Gasteiger charge is 2.66. The SMILES string of the molecule is C[C@H](CCC(=O)N1CCCc2ccccc21)[C@@]1(C)CC[C@H]2[C@H]3C(CC[C@@]21C)[C@@]1(C)CC[C@@H](O)C[C@H]1C[C@H]3O. The van der Waals surface area contributed by atoms with Crippen LogP contribution in [0.4, 0.5) is 5.69 Å². The van der Waals surface area contributed by atoms with E-state index >= 15 is 0 Å². The molecular weight excluding hydrogens is 470 g/mol. The molecule has 210 valence electrons. The number of fused-ring (bicyclic) bond motifs is 6. The van der Waals surface area contributed by atoms with E-state index in [9.17, 15) is 15.0 Å². The largest absolute Gasteiger partial charge is 0.393 e. The summed E-state index contributed by atoms with van der Waals surface area (Å²) in [5, 5.41) is 22.0. The second kappa shape index (κ2) is 9.61. The van der Waals surface area contributed by atoms with Gasteiger partial charge in [-0.2, -0.15) is 0 Å². The monoisotopic (exact) mass is 521 g/mol. The molecule has 0 bridgehead atoms. The molecule has 1 unspecified atom stereocenters. The summed E-state index contributed by atoms with van der Waals surface area (Å²) in [5.41, 5.74) is 3.12. The fourth-order valence-electron chi connectivity index (χ4n) is 10.9. The minimum Gasteiger partial charge on any atom is -0.393 e. The van der Waals surface area contributed by atoms with E-state index in [0.717, 1.165) is 57.2 Å². The molecule has 10 atom stereocenters. The zero-order chi connectivity index (χ0) is 26.9. The third-order valence-electron chi connectivity index (χ3n) is 13.6. The Kier molecular flexibility index (Phi) is 6.78. The number of nitrogens with zero attached hydrogens (tertiary/aromatic N) is 1. The number of amides is 1. The number of hydrogen-bond acceptors (Lipinski definition) is 3. The molecule has 38 heavy (non-hydrogen) atoms. The van der Waals surface area contributed by atoms with E-state index in [0.29, 0.717) is 36.0 Å². The van der Waals surface area contributed by atoms with Crippen molar-refractivity contribution < 1.29 is 15.0 Å². The number of aliphatic hydroxyl groups is 2. The van der Waals surface area contributed by atoms with E-state index < -0.39 is 0 Å². The maximum absolute atomic E-state index is 13.4. The van der Waals surface area contributed by atoms with Gasteiger partial charge in [-0.25, -0.2) is 0 Å². The number of para-hydroxylation sites is 1. The van der Waals surface area contributed by atoms with E-state index in [1.807, 2.05) is 0 Å². The number of benzene rings is 1. The number of rotatable bonds is 4. The van der Waals surface area contributed by atoms with Gasteiger partial charge in [-0.3, -0.25) is 4.79 Å². The third-order valence-corrected chi connectivity index (χ3v) is 13.6. The van der Waals surface area contributed by atoms with Crippen LogP contribution in [-0.2, 0) is 11.2 Å². The Morgan fingerprint density at radius 3 is 2.61 bits per heavy atom. The second-order valence-electron chi connectivity index (χ2n) is 14.9. The minimum atomic E-state index is -0.230. The average molecular weight is 522 g/mol. The minimum absolute atomic E-state index is 0.178. The van der Waals surface area contributed by atoms with Gasteiger partial charge in [0.2, 0.25) is 5.91 Å². The first-order chi connectivity index (χ1) is 18.1. The number of aryl methyl sites for hydroxylation is 1. The van der Waals surface area contributed by atoms with Gasteiger partial charge in [-0.15, -0.1) is 0 Å². The van der Waals surface area contributed by atoms with Crippen molar-refractivity contribution in [2.75, 3.05) is 11.4 Å². The molecule has 0 saturated heterocycles. The van der Waals surface area contributed by atoms with Gasteiger partial charge in [0, 0.05) is 18.7 Å². The summed E-state index contributed by atoms with van der Waals surface area (Å²) in [6.07, 6.45) is 12.0. The summed E-state index contributed by atoms with van der Waals surface area (Å²) in [6.45, 7) is 10.8. The molecular formula is C34H51NO3. The van der Waals surface area contributed by atoms with Gasteiger partial charge in [0.25, 0.3) is 0 Å². The van der Waals surface area contributed by atoms with Gasteiger partial charge < -0.3 is 15.1 Å². The molecule has 6 rings (SSSR count). The first-order valence-corrected chi connectivity index (χ1v) is 15.8. The Morgan fingerprint density at radius 1 is 1.03 bits per heavy atom. The highest BCUT2D eigenvalue weighted by atomic mass is 16.3. The second-order valence-corrected chi connectivity index (χ2v) is 14.9. The molecule has 5 aliphatic rings. The van der Waals surface area contributed by atoms with Crippen molar-refractivity contribution in [3.05, 3.63) is 29.8 Å². The molecule has 4 saturated carbocycles. The molecule has 0 spiro atoms. The van der Waals surface area contributed by atoms with Gasteiger partial charge in [0.15, 0.2) is 0 Å². The molecule has 1 aromatic carbocycles. The molecule has 4 aliphatic carbocycles. The van der Waals surface area contributed by atoms with Gasteiger partial charge in [0.1, 0.15) is 0 Å². The van der Waals surface area contributed by atoms with Crippen LogP contribution in [0, 0.1) is 45.8 Å². The molecule has 1 heterocycles. The van der Waals surface area contributed by atoms with Crippen LogP contribution >= 0.6 is 0 Å². The summed E-state index contributed by atoms with van der Waals surface area (Å²) >= 11 is 0. The molecule has 4 nitrogen and oxygen atoms in total. The lowest BCUT2D eigenvalue weighted by Gasteiger charge is -2.63. The fourth-order valence-corrected chi connectivity index (χ4v) is 10.9. The van der Waals surface area contributed by atoms with E-state index in [1.165, 1.54) is 31.2 Å². The summed E-state index contributed by atoms with van der Waals surface area (Å²) in [5.74, 6) is 2.78. The maximum Gasteiger partial charge on any atom is 0.226 e. The Bertz CT molecular complexity index is 1060. The smallest absolute Gasteiger partial charge is 0.226 e. The zero-order valence-electron chi connectivity index (χ0n) is 24.3. The van der Waals surface area contributed by atoms with Crippen molar-refractivity contribution >= 4 is 11.6 Å². The predicted molar refractivity (Wildman–Crippen MR) is 153 cm³/mol. The van der Waals surface area contributed by atoms with Gasteiger partial charge in [-0.1, -0.05) is 45.9 Å². The lowest BCUT2D eigenvalue weighted by Crippen LogP contribution is -2.59. The summed E-state index contributed by atoms with van der Waals surface area (Å²) in [4.78, 5) is 15.5. The summed E-state index contributed by atoms with van der Waals surface area (Å²) < 4.78 is 0. The van der Waals surface area contributed by atoms with Crippen molar-refractivity contribution in [2.24, 2.45) is 45.8 Å². The average Bonchev–Trinajstić information content (AvgIpc) is 3.19. The lowest BCUT2D eigenvalue weighted by molar-refractivity contribution is -0.183. The number of carbonyl (C=O) groups is 1. The van der Waals surface area contributed by atoms with Crippen molar-refractivity contribution in [3.8, 4) is 0 Å². The molecule has 4 fully saturated rings. The molecule has 4 heteroatoms. The summed E-state index contributed by atoms with van der Waals surface area (Å²) in [7, 11) is 0. The number of carbonyl (C=O) groups excluding carboxylic acids is 1. The van der Waals surface area contributed by atoms with Crippen LogP contribution in [0.3, 0.4) is 0 Å². The van der Waals surface area contributed by atoms with Gasteiger partial charge >= 0.3 is 0 Å². The van der Waals surface area contributed by atoms with E-state index in [1.54, 1.807) is 0 Å².